The van der Waals surface area contributed by atoms with Crippen LogP contribution < -0.4 is 5.73 Å². The van der Waals surface area contributed by atoms with Gasteiger partial charge < -0.3 is 15.6 Å². The molecule has 1 heterocycles. The highest BCUT2D eigenvalue weighted by Crippen LogP contribution is 2.34. The Morgan fingerprint density at radius 3 is 2.46 bits per heavy atom. The third kappa shape index (κ3) is 5.58. The lowest BCUT2D eigenvalue weighted by Gasteiger charge is -2.18. The summed E-state index contributed by atoms with van der Waals surface area (Å²) in [5, 5.41) is 9.35. The second-order valence-corrected chi connectivity index (χ2v) is 7.65. The van der Waals surface area contributed by atoms with Crippen LogP contribution in [0.1, 0.15) is 88.4 Å². The number of benzene rings is 1. The first-order valence-corrected chi connectivity index (χ1v) is 9.69. The van der Waals surface area contributed by atoms with Crippen molar-refractivity contribution in [2.24, 2.45) is 5.73 Å². The molecule has 24 heavy (non-hydrogen) atoms. The smallest absolute Gasteiger partial charge is 0.0845 e. The summed E-state index contributed by atoms with van der Waals surface area (Å²) in [6, 6.07) is 8.80. The molecule has 1 fully saturated rings. The summed E-state index contributed by atoms with van der Waals surface area (Å²) in [6.45, 7) is 5.00. The lowest BCUT2D eigenvalue weighted by Crippen LogP contribution is -2.44. The predicted molar refractivity (Wildman–Crippen MR) is 100 cm³/mol. The van der Waals surface area contributed by atoms with Gasteiger partial charge in [-0.3, -0.25) is 0 Å². The summed E-state index contributed by atoms with van der Waals surface area (Å²) >= 11 is 0. The average Bonchev–Trinajstić information content (AvgIpc) is 3.01. The van der Waals surface area contributed by atoms with E-state index in [9.17, 15) is 5.11 Å². The van der Waals surface area contributed by atoms with Crippen molar-refractivity contribution in [3.8, 4) is 0 Å². The van der Waals surface area contributed by atoms with Crippen LogP contribution in [0.3, 0.4) is 0 Å². The largest absolute Gasteiger partial charge is 0.394 e. The SMILES string of the molecule is CCCCCCCCC(C)c1ccc(C2CC(N)(CO)CO2)cc1. The van der Waals surface area contributed by atoms with E-state index in [1.807, 2.05) is 0 Å². The number of unbranched alkanes of at least 4 members (excludes halogenated alkanes) is 5. The van der Waals surface area contributed by atoms with Crippen LogP contribution in [0.5, 0.6) is 0 Å². The van der Waals surface area contributed by atoms with Gasteiger partial charge in [0.2, 0.25) is 0 Å². The maximum Gasteiger partial charge on any atom is 0.0845 e. The van der Waals surface area contributed by atoms with Crippen molar-refractivity contribution in [2.45, 2.75) is 82.8 Å². The zero-order valence-electron chi connectivity index (χ0n) is 15.5. The van der Waals surface area contributed by atoms with Gasteiger partial charge in [0.25, 0.3) is 0 Å². The molecule has 1 aromatic rings. The molecule has 0 aliphatic carbocycles. The van der Waals surface area contributed by atoms with Crippen molar-refractivity contribution in [1.29, 1.82) is 0 Å². The van der Waals surface area contributed by atoms with Crippen LogP contribution in [0.15, 0.2) is 24.3 Å². The van der Waals surface area contributed by atoms with Crippen LogP contribution in [0.25, 0.3) is 0 Å². The fraction of sp³-hybridized carbons (Fsp3) is 0.714. The Morgan fingerprint density at radius 1 is 1.17 bits per heavy atom. The number of aliphatic hydroxyl groups is 1. The van der Waals surface area contributed by atoms with Gasteiger partial charge in [0.15, 0.2) is 0 Å². The van der Waals surface area contributed by atoms with E-state index in [1.54, 1.807) is 0 Å². The summed E-state index contributed by atoms with van der Waals surface area (Å²) in [6.07, 6.45) is 10.1. The summed E-state index contributed by atoms with van der Waals surface area (Å²) in [7, 11) is 0. The Kier molecular flexibility index (Phi) is 7.73. The molecule has 0 bridgehead atoms. The van der Waals surface area contributed by atoms with E-state index in [4.69, 9.17) is 10.5 Å². The molecule has 0 spiro atoms. The summed E-state index contributed by atoms with van der Waals surface area (Å²) < 4.78 is 5.77. The van der Waals surface area contributed by atoms with E-state index in [-0.39, 0.29) is 12.7 Å². The second kappa shape index (κ2) is 9.55. The van der Waals surface area contributed by atoms with Crippen LogP contribution >= 0.6 is 0 Å². The Labute approximate surface area is 147 Å². The van der Waals surface area contributed by atoms with E-state index in [1.165, 1.54) is 56.1 Å². The summed E-state index contributed by atoms with van der Waals surface area (Å²) in [5.41, 5.74) is 8.09. The molecule has 0 saturated carbocycles. The van der Waals surface area contributed by atoms with E-state index >= 15 is 0 Å². The molecule has 3 atom stereocenters. The second-order valence-electron chi connectivity index (χ2n) is 7.65. The van der Waals surface area contributed by atoms with Gasteiger partial charge in [-0.2, -0.15) is 0 Å². The molecule has 136 valence electrons. The number of aliphatic hydroxyl groups excluding tert-OH is 1. The highest BCUT2D eigenvalue weighted by atomic mass is 16.5. The van der Waals surface area contributed by atoms with Crippen molar-refractivity contribution in [3.05, 3.63) is 35.4 Å². The van der Waals surface area contributed by atoms with Crippen LogP contribution in [-0.2, 0) is 4.74 Å². The molecule has 3 nitrogen and oxygen atoms in total. The third-order valence-electron chi connectivity index (χ3n) is 5.35. The van der Waals surface area contributed by atoms with Gasteiger partial charge in [-0.05, 0) is 23.5 Å². The quantitative estimate of drug-likeness (QED) is 0.611. The first kappa shape index (κ1) is 19.4. The lowest BCUT2D eigenvalue weighted by atomic mass is 9.91. The molecule has 3 unspecified atom stereocenters. The van der Waals surface area contributed by atoms with Gasteiger partial charge in [0.1, 0.15) is 0 Å². The van der Waals surface area contributed by atoms with Gasteiger partial charge in [0, 0.05) is 6.42 Å². The topological polar surface area (TPSA) is 55.5 Å². The maximum absolute atomic E-state index is 9.35. The minimum Gasteiger partial charge on any atom is -0.394 e. The number of rotatable bonds is 10. The monoisotopic (exact) mass is 333 g/mol. The predicted octanol–water partition coefficient (Wildman–Crippen LogP) is 4.69. The molecule has 3 N–H and O–H groups in total. The van der Waals surface area contributed by atoms with Crippen molar-refractivity contribution < 1.29 is 9.84 Å². The Hall–Kier alpha value is -0.900. The van der Waals surface area contributed by atoms with Gasteiger partial charge in [-0.15, -0.1) is 0 Å². The number of hydrogen-bond acceptors (Lipinski definition) is 3. The van der Waals surface area contributed by atoms with Gasteiger partial charge in [0.05, 0.1) is 24.9 Å². The molecule has 0 radical (unpaired) electrons. The lowest BCUT2D eigenvalue weighted by molar-refractivity contribution is 0.0960. The molecule has 1 saturated heterocycles. The van der Waals surface area contributed by atoms with Gasteiger partial charge >= 0.3 is 0 Å². The highest BCUT2D eigenvalue weighted by molar-refractivity contribution is 5.27. The van der Waals surface area contributed by atoms with Crippen molar-refractivity contribution >= 4 is 0 Å². The van der Waals surface area contributed by atoms with Crippen LogP contribution in [-0.4, -0.2) is 23.9 Å². The van der Waals surface area contributed by atoms with Gasteiger partial charge in [-0.1, -0.05) is 76.6 Å². The minimum absolute atomic E-state index is 0.0170. The Bertz CT molecular complexity index is 473. The third-order valence-corrected chi connectivity index (χ3v) is 5.35. The number of ether oxygens (including phenoxy) is 1. The average molecular weight is 334 g/mol. The minimum atomic E-state index is -0.575. The van der Waals surface area contributed by atoms with Crippen molar-refractivity contribution in [3.63, 3.8) is 0 Å². The Morgan fingerprint density at radius 2 is 1.83 bits per heavy atom. The molecule has 1 aromatic carbocycles. The number of nitrogens with two attached hydrogens (primary N) is 1. The normalized spacial score (nSPS) is 25.1. The molecule has 1 aliphatic heterocycles. The van der Waals surface area contributed by atoms with Crippen LogP contribution in [0, 0.1) is 0 Å². The molecule has 0 amide bonds. The molecule has 2 rings (SSSR count). The van der Waals surface area contributed by atoms with Crippen molar-refractivity contribution in [2.75, 3.05) is 13.2 Å². The summed E-state index contributed by atoms with van der Waals surface area (Å²) in [5.74, 6) is 0.612. The molecular weight excluding hydrogens is 298 g/mol. The first-order valence-electron chi connectivity index (χ1n) is 9.69. The fourth-order valence-electron chi connectivity index (χ4n) is 3.51. The molecule has 1 aliphatic rings. The van der Waals surface area contributed by atoms with E-state index in [0.29, 0.717) is 18.9 Å². The van der Waals surface area contributed by atoms with Gasteiger partial charge in [-0.25, -0.2) is 0 Å². The van der Waals surface area contributed by atoms with Crippen LogP contribution in [0.4, 0.5) is 0 Å². The fourth-order valence-corrected chi connectivity index (χ4v) is 3.51. The maximum atomic E-state index is 9.35. The van der Waals surface area contributed by atoms with E-state index in [0.717, 1.165) is 0 Å². The standard InChI is InChI=1S/C21H35NO2/c1-3-4-5-6-7-8-9-17(2)18-10-12-19(13-11-18)20-14-21(22,15-23)16-24-20/h10-13,17,20,23H,3-9,14-16,22H2,1-2H3. The zero-order valence-corrected chi connectivity index (χ0v) is 15.5. The molecular formula is C21H35NO2. The zero-order chi connectivity index (χ0) is 17.4. The molecule has 3 heteroatoms. The van der Waals surface area contributed by atoms with Crippen LogP contribution in [0.2, 0.25) is 0 Å². The molecule has 0 aromatic heterocycles. The first-order chi connectivity index (χ1) is 11.6. The van der Waals surface area contributed by atoms with E-state index in [2.05, 4.69) is 38.1 Å². The highest BCUT2D eigenvalue weighted by Gasteiger charge is 2.36. The van der Waals surface area contributed by atoms with Crippen molar-refractivity contribution in [1.82, 2.24) is 0 Å². The Balaban J connectivity index is 1.77. The number of hydrogen-bond donors (Lipinski definition) is 2. The van der Waals surface area contributed by atoms with E-state index < -0.39 is 5.54 Å². The summed E-state index contributed by atoms with van der Waals surface area (Å²) in [4.78, 5) is 0.